The Morgan fingerprint density at radius 1 is 0.406 bits per heavy atom. The van der Waals surface area contributed by atoms with Gasteiger partial charge in [0.25, 0.3) is 0 Å². The fourth-order valence-corrected chi connectivity index (χ4v) is 11.0. The molecule has 0 spiro atoms. The Morgan fingerprint density at radius 2 is 0.740 bits per heavy atom. The molecule has 7 nitrogen and oxygen atoms in total. The molecule has 6 aromatic carbocycles. The van der Waals surface area contributed by atoms with E-state index >= 15 is 0 Å². The first-order chi connectivity index (χ1) is 44.0. The van der Waals surface area contributed by atoms with E-state index in [4.69, 9.17) is 23.2 Å². The molecule has 9 rings (SSSR count). The van der Waals surface area contributed by atoms with Crippen molar-refractivity contribution in [1.82, 2.24) is 9.97 Å². The van der Waals surface area contributed by atoms with Gasteiger partial charge in [0.2, 0.25) is 5.52 Å². The Labute approximate surface area is 540 Å². The number of carbonyl (C=O) groups excluding carboxylic acids is 3. The van der Waals surface area contributed by atoms with E-state index in [2.05, 4.69) is 9.97 Å². The molecule has 0 N–H and O–H groups in total. The summed E-state index contributed by atoms with van der Waals surface area (Å²) in [6.45, 7) is 7.36. The van der Waals surface area contributed by atoms with E-state index in [1.807, 2.05) is 0 Å². The number of rotatable bonds is 12. The van der Waals surface area contributed by atoms with Gasteiger partial charge >= 0.3 is 54.1 Å². The number of aromatic nitrogens is 3. The van der Waals surface area contributed by atoms with E-state index in [0.717, 1.165) is 0 Å². The molecule has 0 unspecified atom stereocenters. The first kappa shape index (κ1) is 74.9. The molecule has 0 aliphatic rings. The lowest BCUT2D eigenvalue weighted by Crippen LogP contribution is -2.50. The number of benzene rings is 6. The summed E-state index contributed by atoms with van der Waals surface area (Å²) < 4.78 is 279. The van der Waals surface area contributed by atoms with Gasteiger partial charge in [-0.15, -0.1) is 0 Å². The summed E-state index contributed by atoms with van der Waals surface area (Å²) in [6.07, 6.45) is -35.4. The van der Waals surface area contributed by atoms with E-state index in [1.165, 1.54) is 109 Å². The summed E-state index contributed by atoms with van der Waals surface area (Å²) in [4.78, 5) is 46.5. The number of pyridine rings is 3. The SMILES string of the molecule is Cc1cc(C(F)(C(F)(F)F)C(F)(F)F)cc(C)c1CC(=O)c1ccc2c(ccc[n+]2[O-])c1.Cc1cc(C(F)(C(F)(F)F)C(F)(F)F)cc(C)c1CC(=O)c1ccc2nc(Cl)ccc2c1.Cc1cc(C(F)(C(F)(F)F)C(F)(F)F)cc(C)c1CC(=O)c1ccc2nccc(Cl)c2c1. The van der Waals surface area contributed by atoms with Gasteiger partial charge in [-0.1, -0.05) is 59.6 Å². The summed E-state index contributed by atoms with van der Waals surface area (Å²) in [7, 11) is 0. The maximum absolute atomic E-state index is 14.4. The second-order valence-electron chi connectivity index (χ2n) is 22.2. The Bertz CT molecular complexity index is 4380. The van der Waals surface area contributed by atoms with Gasteiger partial charge in [-0.3, -0.25) is 19.4 Å². The van der Waals surface area contributed by atoms with E-state index in [0.29, 0.717) is 78.9 Å². The Balaban J connectivity index is 0.000000203. The molecular weight excluding hydrogens is 1370 g/mol. The average molecular weight is 1410 g/mol. The second-order valence-corrected chi connectivity index (χ2v) is 23.0. The minimum atomic E-state index is -6.22. The van der Waals surface area contributed by atoms with Crippen molar-refractivity contribution in [3.63, 3.8) is 0 Å². The fraction of sp³-hybridized carbons (Fsp3) is 0.273. The number of alkyl halides is 21. The lowest BCUT2D eigenvalue weighted by atomic mass is 9.87. The van der Waals surface area contributed by atoms with Gasteiger partial charge in [0.05, 0.1) is 16.1 Å². The zero-order valence-corrected chi connectivity index (χ0v) is 51.5. The summed E-state index contributed by atoms with van der Waals surface area (Å²) in [5.41, 5.74) is -19.0. The zero-order valence-electron chi connectivity index (χ0n) is 50.0. The van der Waals surface area contributed by atoms with Crippen molar-refractivity contribution in [2.45, 2.75) is 115 Å². The third-order valence-electron chi connectivity index (χ3n) is 15.7. The molecule has 0 bridgehead atoms. The van der Waals surface area contributed by atoms with Gasteiger partial charge in [0.15, 0.2) is 23.5 Å². The third-order valence-corrected chi connectivity index (χ3v) is 16.2. The van der Waals surface area contributed by atoms with E-state index in [1.54, 1.807) is 30.3 Å². The molecule has 3 aromatic heterocycles. The predicted octanol–water partition coefficient (Wildman–Crippen LogP) is 20.2. The Morgan fingerprint density at radius 3 is 1.10 bits per heavy atom. The van der Waals surface area contributed by atoms with Crippen LogP contribution in [0.3, 0.4) is 0 Å². The number of carbonyl (C=O) groups is 3. The number of aryl methyl sites for hydroxylation is 6. The largest absolute Gasteiger partial charge is 0.618 e. The smallest absolute Gasteiger partial charge is 0.435 e. The van der Waals surface area contributed by atoms with Crippen molar-refractivity contribution in [2.75, 3.05) is 0 Å². The number of Topliss-reactive ketones (excluding diaryl/α,β-unsaturated/α-hetero) is 3. The van der Waals surface area contributed by atoms with Gasteiger partial charge in [-0.05, 0) is 164 Å². The van der Waals surface area contributed by atoms with Crippen LogP contribution >= 0.6 is 23.2 Å². The molecule has 9 aromatic rings. The van der Waals surface area contributed by atoms with Crippen LogP contribution in [-0.2, 0) is 36.3 Å². The first-order valence-corrected chi connectivity index (χ1v) is 28.3. The molecule has 0 amide bonds. The molecule has 30 heteroatoms. The second kappa shape index (κ2) is 26.8. The summed E-state index contributed by atoms with van der Waals surface area (Å²) in [5, 5.41) is 14.0. The molecule has 0 aliphatic heterocycles. The van der Waals surface area contributed by atoms with Crippen LogP contribution in [0, 0.1) is 46.7 Å². The molecule has 96 heavy (non-hydrogen) atoms. The standard InChI is InChI=1S/2C22H15ClF7NO.C22H16F7NO2/c1-11-7-15(20(24,21(25,26)27)22(28,29)30)8-12(2)16(11)10-18(32)14-3-5-17-13(9-14)4-6-19(23)31-17;1-11-7-14(20(24,21(25,26)27)22(28,29)30)8-12(2)15(11)10-19(32)13-3-4-18-16(9-13)17(23)5-6-31-18;1-12-8-16(20(23,21(24,25)26)22(27,28)29)9-13(2)17(12)11-19(31)15-5-6-18-14(10-15)4-3-7-30(18)32/h2*3-9H,10H2,1-2H3;3-10H,11H2,1-2H3. The zero-order chi connectivity index (χ0) is 72.2. The van der Waals surface area contributed by atoms with Crippen LogP contribution in [-0.4, -0.2) is 64.4 Å². The minimum Gasteiger partial charge on any atom is -0.618 e. The van der Waals surface area contributed by atoms with Gasteiger partial charge in [-0.25, -0.2) is 18.2 Å². The van der Waals surface area contributed by atoms with Gasteiger partial charge in [0.1, 0.15) is 5.15 Å². The average Bonchev–Trinajstić information content (AvgIpc) is 0.751. The van der Waals surface area contributed by atoms with Gasteiger partial charge in [-0.2, -0.15) is 83.8 Å². The third kappa shape index (κ3) is 14.7. The molecule has 510 valence electrons. The summed E-state index contributed by atoms with van der Waals surface area (Å²) >= 11 is 11.9. The van der Waals surface area contributed by atoms with Crippen LogP contribution in [0.5, 0.6) is 0 Å². The highest BCUT2D eigenvalue weighted by atomic mass is 35.5. The van der Waals surface area contributed by atoms with Crippen LogP contribution in [0.1, 0.15) is 97.8 Å². The molecule has 0 atom stereocenters. The molecule has 3 heterocycles. The topological polar surface area (TPSA) is 104 Å². The highest BCUT2D eigenvalue weighted by Gasteiger charge is 2.75. The molecule has 0 saturated heterocycles. The number of hydrogen-bond donors (Lipinski definition) is 0. The molecule has 0 saturated carbocycles. The number of fused-ring (bicyclic) bond motifs is 3. The van der Waals surface area contributed by atoms with Gasteiger partial charge < -0.3 is 5.21 Å². The maximum Gasteiger partial charge on any atom is 0.435 e. The van der Waals surface area contributed by atoms with Crippen molar-refractivity contribution in [3.05, 3.63) is 233 Å². The molecule has 0 fully saturated rings. The van der Waals surface area contributed by atoms with Crippen molar-refractivity contribution in [2.24, 2.45) is 0 Å². The Kier molecular flexibility index (Phi) is 20.9. The number of hydrogen-bond acceptors (Lipinski definition) is 6. The highest BCUT2D eigenvalue weighted by Crippen LogP contribution is 2.56. The van der Waals surface area contributed by atoms with Crippen LogP contribution in [0.25, 0.3) is 32.7 Å². The van der Waals surface area contributed by atoms with Crippen LogP contribution in [0.2, 0.25) is 10.2 Å². The van der Waals surface area contributed by atoms with Gasteiger partial charge in [0, 0.05) is 87.1 Å². The van der Waals surface area contributed by atoms with Crippen molar-refractivity contribution in [3.8, 4) is 0 Å². The van der Waals surface area contributed by atoms with Crippen LogP contribution in [0.4, 0.5) is 92.2 Å². The van der Waals surface area contributed by atoms with Crippen molar-refractivity contribution in [1.29, 1.82) is 0 Å². The molecule has 0 aliphatic carbocycles. The molecule has 0 radical (unpaired) electrons. The molecular formula is C66H46Cl2F21N3O4. The summed E-state index contributed by atoms with van der Waals surface area (Å²) in [6, 6.07) is 24.2. The predicted molar refractivity (Wildman–Crippen MR) is 313 cm³/mol. The van der Waals surface area contributed by atoms with Crippen molar-refractivity contribution < 1.29 is 111 Å². The number of halogens is 23. The quantitative estimate of drug-likeness (QED) is 0.0397. The minimum absolute atomic E-state index is 0.0573. The number of nitrogens with zero attached hydrogens (tertiary/aromatic N) is 3. The number of ketones is 3. The lowest BCUT2D eigenvalue weighted by Gasteiger charge is -2.31. The Hall–Kier alpha value is -8.53. The normalized spacial score (nSPS) is 12.9. The summed E-state index contributed by atoms with van der Waals surface area (Å²) in [5.74, 6) is -1.33. The van der Waals surface area contributed by atoms with Crippen LogP contribution < -0.4 is 4.73 Å². The van der Waals surface area contributed by atoms with E-state index in [-0.39, 0.29) is 91.2 Å². The van der Waals surface area contributed by atoms with E-state index < -0.39 is 88.1 Å². The van der Waals surface area contributed by atoms with E-state index in [9.17, 15) is 112 Å². The first-order valence-electron chi connectivity index (χ1n) is 27.6. The maximum atomic E-state index is 14.4. The highest BCUT2D eigenvalue weighted by molar-refractivity contribution is 6.35. The van der Waals surface area contributed by atoms with Crippen LogP contribution in [0.15, 0.2) is 134 Å². The lowest BCUT2D eigenvalue weighted by molar-refractivity contribution is -0.577. The fourth-order valence-electron chi connectivity index (χ4n) is 10.6. The van der Waals surface area contributed by atoms with Crippen molar-refractivity contribution >= 4 is 73.3 Å². The monoisotopic (exact) mass is 1410 g/mol.